The van der Waals surface area contributed by atoms with Gasteiger partial charge in [-0.05, 0) is 28.7 Å². The molecule has 1 aromatic carbocycles. The van der Waals surface area contributed by atoms with Gasteiger partial charge in [-0.25, -0.2) is 0 Å². The third-order valence-electron chi connectivity index (χ3n) is 1.99. The van der Waals surface area contributed by atoms with Gasteiger partial charge in [0.2, 0.25) is 0 Å². The van der Waals surface area contributed by atoms with Gasteiger partial charge in [0.1, 0.15) is 24.3 Å². The minimum absolute atomic E-state index is 0.000527. The summed E-state index contributed by atoms with van der Waals surface area (Å²) in [5.74, 6) is 0.461. The third-order valence-corrected chi connectivity index (χ3v) is 2.88. The lowest BCUT2D eigenvalue weighted by atomic mass is 10.3. The molecule has 0 aliphatic heterocycles. The van der Waals surface area contributed by atoms with Crippen LogP contribution in [0.15, 0.2) is 35.1 Å². The molecule has 0 bridgehead atoms. The van der Waals surface area contributed by atoms with Gasteiger partial charge in [-0.15, -0.1) is 0 Å². The van der Waals surface area contributed by atoms with E-state index < -0.39 is 4.92 Å². The van der Waals surface area contributed by atoms with Gasteiger partial charge < -0.3 is 9.26 Å². The second-order valence-corrected chi connectivity index (χ2v) is 4.31. The summed E-state index contributed by atoms with van der Waals surface area (Å²) < 4.78 is 10.9. The maximum absolute atomic E-state index is 10.6. The van der Waals surface area contributed by atoms with Crippen LogP contribution in [-0.4, -0.2) is 10.1 Å². The first kappa shape index (κ1) is 11.8. The van der Waals surface area contributed by atoms with Gasteiger partial charge in [0.25, 0.3) is 5.69 Å². The second-order valence-electron chi connectivity index (χ2n) is 3.15. The van der Waals surface area contributed by atoms with E-state index in [4.69, 9.17) is 4.74 Å². The molecule has 2 aromatic rings. The van der Waals surface area contributed by atoms with E-state index in [1.165, 1.54) is 18.4 Å². The van der Waals surface area contributed by atoms with Crippen LogP contribution in [0.2, 0.25) is 0 Å². The number of benzene rings is 1. The van der Waals surface area contributed by atoms with E-state index in [2.05, 4.69) is 32.3 Å². The van der Waals surface area contributed by atoms with Gasteiger partial charge in [0.05, 0.1) is 14.6 Å². The lowest BCUT2D eigenvalue weighted by Gasteiger charge is -2.05. The summed E-state index contributed by atoms with van der Waals surface area (Å²) in [6, 6.07) is 6.13. The molecule has 6 nitrogen and oxygen atoms in total. The van der Waals surface area contributed by atoms with Crippen molar-refractivity contribution < 1.29 is 14.2 Å². The van der Waals surface area contributed by atoms with Gasteiger partial charge in [-0.2, -0.15) is 0 Å². The minimum Gasteiger partial charge on any atom is -0.486 e. The van der Waals surface area contributed by atoms with Crippen molar-refractivity contribution in [1.29, 1.82) is 0 Å². The zero-order valence-corrected chi connectivity index (χ0v) is 10.7. The molecule has 0 N–H and O–H groups in total. The normalized spacial score (nSPS) is 10.2. The van der Waals surface area contributed by atoms with E-state index in [-0.39, 0.29) is 12.3 Å². The standard InChI is InChI=1S/C10H7IN2O4/c11-9-2-1-8(13(14)15)5-10(9)16-6-7-3-4-17-12-7/h1-5H,6H2. The van der Waals surface area contributed by atoms with Crippen LogP contribution in [0.1, 0.15) is 5.69 Å². The van der Waals surface area contributed by atoms with E-state index in [0.29, 0.717) is 11.4 Å². The van der Waals surface area contributed by atoms with Crippen LogP contribution in [0.4, 0.5) is 5.69 Å². The number of nitro groups is 1. The average molecular weight is 346 g/mol. The molecule has 0 atom stereocenters. The molecule has 2 rings (SSSR count). The third kappa shape index (κ3) is 2.93. The fourth-order valence-corrected chi connectivity index (χ4v) is 1.67. The first-order valence-corrected chi connectivity index (χ1v) is 5.70. The Morgan fingerprint density at radius 2 is 2.29 bits per heavy atom. The molecule has 0 amide bonds. The predicted octanol–water partition coefficient (Wildman–Crippen LogP) is 2.77. The maximum atomic E-state index is 10.6. The highest BCUT2D eigenvalue weighted by Crippen LogP contribution is 2.26. The number of nitro benzene ring substituents is 1. The summed E-state index contributed by atoms with van der Waals surface area (Å²) in [5.41, 5.74) is 0.632. The van der Waals surface area contributed by atoms with Crippen molar-refractivity contribution in [1.82, 2.24) is 5.16 Å². The molecule has 0 aliphatic carbocycles. The Hall–Kier alpha value is -1.64. The summed E-state index contributed by atoms with van der Waals surface area (Å²) in [4.78, 5) is 10.2. The summed E-state index contributed by atoms with van der Waals surface area (Å²) >= 11 is 2.05. The summed E-state index contributed by atoms with van der Waals surface area (Å²) in [5, 5.41) is 14.3. The van der Waals surface area contributed by atoms with E-state index >= 15 is 0 Å². The molecule has 1 aromatic heterocycles. The Kier molecular flexibility index (Phi) is 3.57. The number of non-ortho nitro benzene ring substituents is 1. The summed E-state index contributed by atoms with van der Waals surface area (Å²) in [7, 11) is 0. The van der Waals surface area contributed by atoms with Gasteiger partial charge in [-0.3, -0.25) is 10.1 Å². The minimum atomic E-state index is -0.459. The lowest BCUT2D eigenvalue weighted by Crippen LogP contribution is -1.98. The first-order chi connectivity index (χ1) is 8.16. The molecule has 0 saturated heterocycles. The highest BCUT2D eigenvalue weighted by Gasteiger charge is 2.10. The number of hydrogen-bond donors (Lipinski definition) is 0. The van der Waals surface area contributed by atoms with Gasteiger partial charge in [0.15, 0.2) is 0 Å². The van der Waals surface area contributed by atoms with Crippen molar-refractivity contribution in [2.24, 2.45) is 0 Å². The molecule has 0 fully saturated rings. The number of nitrogens with zero attached hydrogens (tertiary/aromatic N) is 2. The monoisotopic (exact) mass is 346 g/mol. The second kappa shape index (κ2) is 5.13. The largest absolute Gasteiger partial charge is 0.486 e. The number of ether oxygens (including phenoxy) is 1. The lowest BCUT2D eigenvalue weighted by molar-refractivity contribution is -0.385. The molecular formula is C10H7IN2O4. The van der Waals surface area contributed by atoms with Gasteiger partial charge in [0, 0.05) is 12.1 Å². The zero-order valence-electron chi connectivity index (χ0n) is 8.50. The van der Waals surface area contributed by atoms with Crippen LogP contribution in [0, 0.1) is 13.7 Å². The van der Waals surface area contributed by atoms with E-state index in [1.54, 1.807) is 12.1 Å². The average Bonchev–Trinajstić information content (AvgIpc) is 2.80. The summed E-state index contributed by atoms with van der Waals surface area (Å²) in [6.07, 6.45) is 1.44. The van der Waals surface area contributed by atoms with Crippen LogP contribution >= 0.6 is 22.6 Å². The van der Waals surface area contributed by atoms with Gasteiger partial charge >= 0.3 is 0 Å². The van der Waals surface area contributed by atoms with Crippen LogP contribution in [0.3, 0.4) is 0 Å². The fourth-order valence-electron chi connectivity index (χ4n) is 1.18. The molecular weight excluding hydrogens is 339 g/mol. The number of aromatic nitrogens is 1. The van der Waals surface area contributed by atoms with Crippen molar-refractivity contribution in [2.75, 3.05) is 0 Å². The van der Waals surface area contributed by atoms with E-state index in [9.17, 15) is 10.1 Å². The Balaban J connectivity index is 2.14. The fraction of sp³-hybridized carbons (Fsp3) is 0.100. The first-order valence-electron chi connectivity index (χ1n) is 4.63. The molecule has 0 radical (unpaired) electrons. The molecule has 0 saturated carbocycles. The van der Waals surface area contributed by atoms with Crippen molar-refractivity contribution in [3.05, 3.63) is 49.9 Å². The molecule has 0 spiro atoms. The van der Waals surface area contributed by atoms with Crippen molar-refractivity contribution >= 4 is 28.3 Å². The molecule has 17 heavy (non-hydrogen) atoms. The zero-order chi connectivity index (χ0) is 12.3. The van der Waals surface area contributed by atoms with Crippen molar-refractivity contribution in [2.45, 2.75) is 6.61 Å². The summed E-state index contributed by atoms with van der Waals surface area (Å²) in [6.45, 7) is 0.216. The van der Waals surface area contributed by atoms with Crippen LogP contribution in [-0.2, 0) is 6.61 Å². The van der Waals surface area contributed by atoms with Crippen LogP contribution in [0.25, 0.3) is 0 Å². The Morgan fingerprint density at radius 1 is 1.47 bits per heavy atom. The Morgan fingerprint density at radius 3 is 2.94 bits per heavy atom. The molecule has 7 heteroatoms. The highest BCUT2D eigenvalue weighted by molar-refractivity contribution is 14.1. The van der Waals surface area contributed by atoms with E-state index in [0.717, 1.165) is 3.57 Å². The smallest absolute Gasteiger partial charge is 0.273 e. The molecule has 0 aliphatic rings. The quantitative estimate of drug-likeness (QED) is 0.483. The van der Waals surface area contributed by atoms with Crippen molar-refractivity contribution in [3.8, 4) is 5.75 Å². The maximum Gasteiger partial charge on any atom is 0.273 e. The molecule has 0 unspecified atom stereocenters. The number of hydrogen-bond acceptors (Lipinski definition) is 5. The van der Waals surface area contributed by atoms with Crippen LogP contribution in [0.5, 0.6) is 5.75 Å². The SMILES string of the molecule is O=[N+]([O-])c1ccc(I)c(OCc2ccon2)c1. The Labute approximate surface area is 110 Å². The number of halogens is 1. The molecule has 88 valence electrons. The topological polar surface area (TPSA) is 78.4 Å². The van der Waals surface area contributed by atoms with E-state index in [1.807, 2.05) is 0 Å². The molecule has 1 heterocycles. The van der Waals surface area contributed by atoms with Crippen LogP contribution < -0.4 is 4.74 Å². The number of rotatable bonds is 4. The predicted molar refractivity (Wildman–Crippen MR) is 66.6 cm³/mol. The Bertz CT molecular complexity index is 527. The van der Waals surface area contributed by atoms with Crippen molar-refractivity contribution in [3.63, 3.8) is 0 Å². The van der Waals surface area contributed by atoms with Gasteiger partial charge in [-0.1, -0.05) is 5.16 Å². The highest BCUT2D eigenvalue weighted by atomic mass is 127.